The molecule has 0 amide bonds. The smallest absolute Gasteiger partial charge is 0.0720 e. The van der Waals surface area contributed by atoms with Crippen LogP contribution in [-0.4, -0.2) is 30.9 Å². The van der Waals surface area contributed by atoms with Crippen LogP contribution in [0.3, 0.4) is 0 Å². The monoisotopic (exact) mass is 235 g/mol. The molecule has 1 aromatic carbocycles. The molecule has 2 N–H and O–H groups in total. The van der Waals surface area contributed by atoms with Gasteiger partial charge in [0.05, 0.1) is 19.3 Å². The molecule has 3 nitrogen and oxygen atoms in total. The maximum atomic E-state index is 8.64. The Bertz CT molecular complexity index is 309. The van der Waals surface area contributed by atoms with Crippen molar-refractivity contribution in [3.63, 3.8) is 0 Å². The second kappa shape index (κ2) is 6.74. The van der Waals surface area contributed by atoms with Gasteiger partial charge in [-0.05, 0) is 30.9 Å². The zero-order valence-electron chi connectivity index (χ0n) is 10.1. The summed E-state index contributed by atoms with van der Waals surface area (Å²) in [5.41, 5.74) is 1.24. The number of aliphatic hydroxyl groups excluding tert-OH is 1. The molecule has 1 saturated carbocycles. The van der Waals surface area contributed by atoms with Gasteiger partial charge in [0.1, 0.15) is 0 Å². The maximum absolute atomic E-state index is 8.64. The Hall–Kier alpha value is -0.900. The van der Waals surface area contributed by atoms with E-state index < -0.39 is 0 Å². The van der Waals surface area contributed by atoms with Crippen LogP contribution in [0, 0.1) is 5.92 Å². The van der Waals surface area contributed by atoms with Crippen molar-refractivity contribution in [1.82, 2.24) is 5.32 Å². The normalized spacial score (nSPS) is 23.4. The Balaban J connectivity index is 1.55. The third-order valence-corrected chi connectivity index (χ3v) is 3.24. The van der Waals surface area contributed by atoms with E-state index in [-0.39, 0.29) is 6.61 Å². The number of nitrogens with one attached hydrogen (secondary N) is 1. The lowest BCUT2D eigenvalue weighted by Crippen LogP contribution is -2.38. The molecule has 0 aliphatic heterocycles. The highest BCUT2D eigenvalue weighted by Crippen LogP contribution is 2.30. The van der Waals surface area contributed by atoms with Crippen LogP contribution in [0.4, 0.5) is 0 Å². The van der Waals surface area contributed by atoms with E-state index in [1.807, 2.05) is 18.2 Å². The van der Waals surface area contributed by atoms with Gasteiger partial charge in [0.2, 0.25) is 0 Å². The first-order valence-electron chi connectivity index (χ1n) is 6.35. The lowest BCUT2D eigenvalue weighted by Gasteiger charge is -2.35. The first kappa shape index (κ1) is 12.6. The lowest BCUT2D eigenvalue weighted by atomic mass is 9.82. The van der Waals surface area contributed by atoms with Gasteiger partial charge < -0.3 is 15.2 Å². The van der Waals surface area contributed by atoms with Crippen molar-refractivity contribution in [2.75, 3.05) is 19.7 Å². The van der Waals surface area contributed by atoms with Gasteiger partial charge in [-0.1, -0.05) is 30.3 Å². The molecule has 0 spiro atoms. The molecule has 1 aliphatic rings. The van der Waals surface area contributed by atoms with Crippen molar-refractivity contribution in [2.45, 2.75) is 25.6 Å². The summed E-state index contributed by atoms with van der Waals surface area (Å²) in [4.78, 5) is 0. The third kappa shape index (κ3) is 4.11. The summed E-state index contributed by atoms with van der Waals surface area (Å²) in [5, 5.41) is 11.9. The number of hydrogen-bond acceptors (Lipinski definition) is 3. The SMILES string of the molecule is OCCNCC1CC(OCc2ccccc2)C1. The summed E-state index contributed by atoms with van der Waals surface area (Å²) in [5.74, 6) is 0.724. The van der Waals surface area contributed by atoms with E-state index in [0.717, 1.165) is 31.9 Å². The first-order valence-corrected chi connectivity index (χ1v) is 6.35. The molecule has 0 radical (unpaired) electrons. The van der Waals surface area contributed by atoms with Crippen molar-refractivity contribution >= 4 is 0 Å². The number of benzene rings is 1. The molecule has 0 heterocycles. The fourth-order valence-electron chi connectivity index (χ4n) is 2.15. The van der Waals surface area contributed by atoms with Crippen molar-refractivity contribution in [2.24, 2.45) is 5.92 Å². The van der Waals surface area contributed by atoms with E-state index in [2.05, 4.69) is 17.4 Å². The fraction of sp³-hybridized carbons (Fsp3) is 0.571. The fourth-order valence-corrected chi connectivity index (χ4v) is 2.15. The van der Waals surface area contributed by atoms with Gasteiger partial charge in [-0.25, -0.2) is 0 Å². The molecule has 94 valence electrons. The Morgan fingerprint density at radius 3 is 2.71 bits per heavy atom. The van der Waals surface area contributed by atoms with Crippen molar-refractivity contribution < 1.29 is 9.84 Å². The van der Waals surface area contributed by atoms with Gasteiger partial charge >= 0.3 is 0 Å². The van der Waals surface area contributed by atoms with E-state index in [1.54, 1.807) is 0 Å². The maximum Gasteiger partial charge on any atom is 0.0720 e. The first-order chi connectivity index (χ1) is 8.38. The van der Waals surface area contributed by atoms with Crippen molar-refractivity contribution in [1.29, 1.82) is 0 Å². The van der Waals surface area contributed by atoms with Crippen LogP contribution in [0.5, 0.6) is 0 Å². The number of aliphatic hydroxyl groups is 1. The van der Waals surface area contributed by atoms with Gasteiger partial charge in [-0.3, -0.25) is 0 Å². The Morgan fingerprint density at radius 1 is 1.24 bits per heavy atom. The molecule has 1 aliphatic carbocycles. The lowest BCUT2D eigenvalue weighted by molar-refractivity contribution is -0.0396. The highest BCUT2D eigenvalue weighted by Gasteiger charge is 2.29. The van der Waals surface area contributed by atoms with Crippen LogP contribution < -0.4 is 5.32 Å². The average molecular weight is 235 g/mol. The molecule has 0 atom stereocenters. The zero-order chi connectivity index (χ0) is 11.9. The van der Waals surface area contributed by atoms with Gasteiger partial charge in [0.15, 0.2) is 0 Å². The van der Waals surface area contributed by atoms with Gasteiger partial charge in [0.25, 0.3) is 0 Å². The quantitative estimate of drug-likeness (QED) is 0.705. The van der Waals surface area contributed by atoms with Gasteiger partial charge in [0, 0.05) is 6.54 Å². The minimum absolute atomic E-state index is 0.223. The van der Waals surface area contributed by atoms with Crippen LogP contribution in [0.2, 0.25) is 0 Å². The predicted octanol–water partition coefficient (Wildman–Crippen LogP) is 1.56. The Labute approximate surface area is 103 Å². The molecule has 2 rings (SSSR count). The molecule has 0 saturated heterocycles. The molecule has 0 bridgehead atoms. The topological polar surface area (TPSA) is 41.5 Å². The number of ether oxygens (including phenoxy) is 1. The summed E-state index contributed by atoms with van der Waals surface area (Å²) in [6.07, 6.45) is 2.72. The summed E-state index contributed by atoms with van der Waals surface area (Å²) >= 11 is 0. The highest BCUT2D eigenvalue weighted by atomic mass is 16.5. The van der Waals surface area contributed by atoms with Crippen molar-refractivity contribution in [3.8, 4) is 0 Å². The highest BCUT2D eigenvalue weighted by molar-refractivity contribution is 5.13. The summed E-state index contributed by atoms with van der Waals surface area (Å²) in [6, 6.07) is 10.3. The Kier molecular flexibility index (Phi) is 4.98. The summed E-state index contributed by atoms with van der Waals surface area (Å²) in [7, 11) is 0. The second-order valence-corrected chi connectivity index (χ2v) is 4.68. The molecule has 3 heteroatoms. The van der Waals surface area contributed by atoms with E-state index in [0.29, 0.717) is 12.6 Å². The molecule has 1 aromatic rings. The predicted molar refractivity (Wildman–Crippen MR) is 67.7 cm³/mol. The van der Waals surface area contributed by atoms with E-state index in [4.69, 9.17) is 9.84 Å². The molecular weight excluding hydrogens is 214 g/mol. The van der Waals surface area contributed by atoms with Crippen molar-refractivity contribution in [3.05, 3.63) is 35.9 Å². The molecule has 0 unspecified atom stereocenters. The second-order valence-electron chi connectivity index (χ2n) is 4.68. The average Bonchev–Trinajstić information content (AvgIpc) is 2.32. The van der Waals surface area contributed by atoms with Crippen LogP contribution in [0.1, 0.15) is 18.4 Å². The minimum Gasteiger partial charge on any atom is -0.395 e. The van der Waals surface area contributed by atoms with E-state index >= 15 is 0 Å². The molecular formula is C14H21NO2. The van der Waals surface area contributed by atoms with Gasteiger partial charge in [-0.15, -0.1) is 0 Å². The van der Waals surface area contributed by atoms with E-state index in [1.165, 1.54) is 5.56 Å². The Morgan fingerprint density at radius 2 is 2.00 bits per heavy atom. The molecule has 0 aromatic heterocycles. The molecule has 17 heavy (non-hydrogen) atoms. The number of rotatable bonds is 7. The number of hydrogen-bond donors (Lipinski definition) is 2. The molecule has 1 fully saturated rings. The third-order valence-electron chi connectivity index (χ3n) is 3.24. The standard InChI is InChI=1S/C14H21NO2/c16-7-6-15-10-13-8-14(9-13)17-11-12-4-2-1-3-5-12/h1-5,13-16H,6-11H2. The van der Waals surface area contributed by atoms with Crippen LogP contribution in [-0.2, 0) is 11.3 Å². The minimum atomic E-state index is 0.223. The van der Waals surface area contributed by atoms with Crippen LogP contribution in [0.25, 0.3) is 0 Å². The van der Waals surface area contributed by atoms with Crippen LogP contribution in [0.15, 0.2) is 30.3 Å². The van der Waals surface area contributed by atoms with E-state index in [9.17, 15) is 0 Å². The summed E-state index contributed by atoms with van der Waals surface area (Å²) in [6.45, 7) is 2.65. The summed E-state index contributed by atoms with van der Waals surface area (Å²) < 4.78 is 5.82. The van der Waals surface area contributed by atoms with Gasteiger partial charge in [-0.2, -0.15) is 0 Å². The zero-order valence-corrected chi connectivity index (χ0v) is 10.1. The van der Waals surface area contributed by atoms with Crippen LogP contribution >= 0.6 is 0 Å². The largest absolute Gasteiger partial charge is 0.395 e.